The van der Waals surface area contributed by atoms with Crippen molar-refractivity contribution in [2.75, 3.05) is 0 Å². The fourth-order valence-corrected chi connectivity index (χ4v) is 2.38. The molecule has 0 bridgehead atoms. The summed E-state index contributed by atoms with van der Waals surface area (Å²) in [5.41, 5.74) is 8.08. The number of aryl methyl sites for hydroxylation is 1. The molecule has 0 spiro atoms. The molecule has 4 heteroatoms. The highest BCUT2D eigenvalue weighted by molar-refractivity contribution is 6.04. The minimum Gasteiger partial charge on any atom is -0.273 e. The first-order chi connectivity index (χ1) is 9.74. The van der Waals surface area contributed by atoms with Crippen LogP contribution in [0.5, 0.6) is 0 Å². The first-order valence-electron chi connectivity index (χ1n) is 6.61. The van der Waals surface area contributed by atoms with Crippen molar-refractivity contribution in [2.45, 2.75) is 19.8 Å². The van der Waals surface area contributed by atoms with E-state index in [9.17, 15) is 4.79 Å². The Balaban J connectivity index is 1.94. The number of hydrogen-bond donors (Lipinski definition) is 1. The number of aromatic nitrogens is 1. The molecule has 0 fully saturated rings. The molecule has 0 radical (unpaired) electrons. The van der Waals surface area contributed by atoms with E-state index in [1.807, 2.05) is 12.1 Å². The zero-order valence-corrected chi connectivity index (χ0v) is 11.3. The van der Waals surface area contributed by atoms with Crippen molar-refractivity contribution >= 4 is 11.6 Å². The number of benzene rings is 1. The third-order valence-corrected chi connectivity index (χ3v) is 3.46. The summed E-state index contributed by atoms with van der Waals surface area (Å²) < 4.78 is 0. The van der Waals surface area contributed by atoms with Gasteiger partial charge in [0.2, 0.25) is 5.91 Å². The lowest BCUT2D eigenvalue weighted by atomic mass is 9.96. The Morgan fingerprint density at radius 2 is 1.85 bits per heavy atom. The van der Waals surface area contributed by atoms with Crippen molar-refractivity contribution < 1.29 is 4.79 Å². The zero-order valence-electron chi connectivity index (χ0n) is 11.3. The maximum Gasteiger partial charge on any atom is 0.240 e. The Morgan fingerprint density at radius 3 is 2.50 bits per heavy atom. The molecule has 1 amide bonds. The molecular formula is C16H15N3O. The van der Waals surface area contributed by atoms with Crippen molar-refractivity contribution in [2.24, 2.45) is 5.10 Å². The summed E-state index contributed by atoms with van der Waals surface area (Å²) in [4.78, 5) is 15.2. The minimum atomic E-state index is -0.0149. The van der Waals surface area contributed by atoms with Crippen molar-refractivity contribution in [3.8, 4) is 11.1 Å². The summed E-state index contributed by atoms with van der Waals surface area (Å²) >= 11 is 0. The van der Waals surface area contributed by atoms with E-state index in [1.54, 1.807) is 12.4 Å². The smallest absolute Gasteiger partial charge is 0.240 e. The van der Waals surface area contributed by atoms with E-state index in [-0.39, 0.29) is 5.91 Å². The van der Waals surface area contributed by atoms with Gasteiger partial charge in [-0.05, 0) is 47.4 Å². The van der Waals surface area contributed by atoms with E-state index in [1.165, 1.54) is 11.1 Å². The third kappa shape index (κ3) is 2.45. The van der Waals surface area contributed by atoms with Crippen molar-refractivity contribution in [3.63, 3.8) is 0 Å². The van der Waals surface area contributed by atoms with Crippen LogP contribution in [-0.2, 0) is 4.79 Å². The van der Waals surface area contributed by atoms with Crippen LogP contribution in [0.15, 0.2) is 47.8 Å². The van der Waals surface area contributed by atoms with Crippen LogP contribution < -0.4 is 5.43 Å². The van der Waals surface area contributed by atoms with Gasteiger partial charge in [-0.25, -0.2) is 5.43 Å². The lowest BCUT2D eigenvalue weighted by Gasteiger charge is -2.14. The van der Waals surface area contributed by atoms with Gasteiger partial charge in [-0.1, -0.05) is 12.1 Å². The molecule has 0 saturated carbocycles. The molecule has 2 heterocycles. The number of carbonyl (C=O) groups is 1. The second-order valence-electron chi connectivity index (χ2n) is 4.86. The standard InChI is InChI=1S/C16H15N3O/c1-11-10-13(15-4-5-16(20)19-18-15)2-3-14(11)12-6-8-17-9-7-12/h2-3,6-10H,4-5H2,1H3,(H,19,20). The molecule has 4 nitrogen and oxygen atoms in total. The van der Waals surface area contributed by atoms with E-state index < -0.39 is 0 Å². The number of amides is 1. The Kier molecular flexibility index (Phi) is 3.29. The molecule has 1 N–H and O–H groups in total. The largest absolute Gasteiger partial charge is 0.273 e. The van der Waals surface area contributed by atoms with E-state index in [4.69, 9.17) is 0 Å². The van der Waals surface area contributed by atoms with Crippen LogP contribution in [0.2, 0.25) is 0 Å². The molecule has 1 aliphatic heterocycles. The van der Waals surface area contributed by atoms with Gasteiger partial charge in [-0.2, -0.15) is 5.10 Å². The molecule has 1 aromatic heterocycles. The summed E-state index contributed by atoms with van der Waals surface area (Å²) in [5.74, 6) is -0.0149. The molecular weight excluding hydrogens is 250 g/mol. The highest BCUT2D eigenvalue weighted by Crippen LogP contribution is 2.24. The van der Waals surface area contributed by atoms with Gasteiger partial charge in [0.15, 0.2) is 0 Å². The van der Waals surface area contributed by atoms with Crippen LogP contribution in [0.25, 0.3) is 11.1 Å². The number of carbonyl (C=O) groups excluding carboxylic acids is 1. The number of pyridine rings is 1. The Morgan fingerprint density at radius 1 is 1.05 bits per heavy atom. The lowest BCUT2D eigenvalue weighted by Crippen LogP contribution is -2.25. The van der Waals surface area contributed by atoms with Gasteiger partial charge >= 0.3 is 0 Å². The Labute approximate surface area is 117 Å². The molecule has 0 aliphatic carbocycles. The molecule has 1 aliphatic rings. The van der Waals surface area contributed by atoms with Gasteiger partial charge in [0.25, 0.3) is 0 Å². The summed E-state index contributed by atoms with van der Waals surface area (Å²) in [7, 11) is 0. The molecule has 100 valence electrons. The molecule has 20 heavy (non-hydrogen) atoms. The molecule has 0 unspecified atom stereocenters. The zero-order chi connectivity index (χ0) is 13.9. The molecule has 0 saturated heterocycles. The molecule has 2 aromatic rings. The van der Waals surface area contributed by atoms with Crippen LogP contribution in [-0.4, -0.2) is 16.6 Å². The first-order valence-corrected chi connectivity index (χ1v) is 6.61. The fourth-order valence-electron chi connectivity index (χ4n) is 2.38. The SMILES string of the molecule is Cc1cc(C2=NNC(=O)CC2)ccc1-c1ccncc1. The van der Waals surface area contributed by atoms with E-state index in [0.717, 1.165) is 16.8 Å². The predicted octanol–water partition coefficient (Wildman–Crippen LogP) is 2.67. The van der Waals surface area contributed by atoms with Crippen LogP contribution in [0.3, 0.4) is 0 Å². The number of hydrogen-bond acceptors (Lipinski definition) is 3. The maximum absolute atomic E-state index is 11.1. The summed E-state index contributed by atoms with van der Waals surface area (Å²) in [6, 6.07) is 10.3. The Bertz CT molecular complexity index is 677. The number of rotatable bonds is 2. The number of nitrogens with one attached hydrogen (secondary N) is 1. The highest BCUT2D eigenvalue weighted by Gasteiger charge is 2.14. The van der Waals surface area contributed by atoms with E-state index in [2.05, 4.69) is 40.6 Å². The quantitative estimate of drug-likeness (QED) is 0.907. The van der Waals surface area contributed by atoms with Crippen molar-refractivity contribution in [1.29, 1.82) is 0 Å². The molecule has 0 atom stereocenters. The van der Waals surface area contributed by atoms with Crippen LogP contribution in [0.4, 0.5) is 0 Å². The fraction of sp³-hybridized carbons (Fsp3) is 0.188. The van der Waals surface area contributed by atoms with Gasteiger partial charge in [-0.3, -0.25) is 9.78 Å². The monoisotopic (exact) mass is 265 g/mol. The second kappa shape index (κ2) is 5.25. The van der Waals surface area contributed by atoms with E-state index >= 15 is 0 Å². The number of hydrazone groups is 1. The summed E-state index contributed by atoms with van der Waals surface area (Å²) in [5, 5.41) is 4.13. The van der Waals surface area contributed by atoms with Crippen LogP contribution in [0, 0.1) is 6.92 Å². The summed E-state index contributed by atoms with van der Waals surface area (Å²) in [6.45, 7) is 2.08. The summed E-state index contributed by atoms with van der Waals surface area (Å²) in [6.07, 6.45) is 4.79. The minimum absolute atomic E-state index is 0.0149. The first kappa shape index (κ1) is 12.5. The van der Waals surface area contributed by atoms with Gasteiger partial charge < -0.3 is 0 Å². The van der Waals surface area contributed by atoms with Crippen LogP contribution in [0.1, 0.15) is 24.0 Å². The van der Waals surface area contributed by atoms with Crippen molar-refractivity contribution in [1.82, 2.24) is 10.4 Å². The topological polar surface area (TPSA) is 54.4 Å². The lowest BCUT2D eigenvalue weighted by molar-refractivity contribution is -0.121. The predicted molar refractivity (Wildman–Crippen MR) is 78.3 cm³/mol. The third-order valence-electron chi connectivity index (χ3n) is 3.46. The van der Waals surface area contributed by atoms with E-state index in [0.29, 0.717) is 12.8 Å². The average Bonchev–Trinajstić information content (AvgIpc) is 2.49. The van der Waals surface area contributed by atoms with Gasteiger partial charge in [0, 0.05) is 25.2 Å². The second-order valence-corrected chi connectivity index (χ2v) is 4.86. The number of nitrogens with zero attached hydrogens (tertiary/aromatic N) is 2. The van der Waals surface area contributed by atoms with Crippen molar-refractivity contribution in [3.05, 3.63) is 53.9 Å². The van der Waals surface area contributed by atoms with Gasteiger partial charge in [0.1, 0.15) is 0 Å². The maximum atomic E-state index is 11.1. The Hall–Kier alpha value is -2.49. The van der Waals surface area contributed by atoms with Gasteiger partial charge in [-0.15, -0.1) is 0 Å². The molecule has 1 aromatic carbocycles. The average molecular weight is 265 g/mol. The molecule has 3 rings (SSSR count). The van der Waals surface area contributed by atoms with Gasteiger partial charge in [0.05, 0.1) is 5.71 Å². The highest BCUT2D eigenvalue weighted by atomic mass is 16.2. The normalized spacial score (nSPS) is 14.7. The van der Waals surface area contributed by atoms with Crippen LogP contribution >= 0.6 is 0 Å².